The Labute approximate surface area is 129 Å². The second kappa shape index (κ2) is 5.01. The summed E-state index contributed by atoms with van der Waals surface area (Å²) in [6, 6.07) is 7.06. The van der Waals surface area contributed by atoms with Gasteiger partial charge in [-0.25, -0.2) is 0 Å². The Balaban J connectivity index is 1.71. The number of nitrogens with one attached hydrogen (secondary N) is 1. The third-order valence-electron chi connectivity index (χ3n) is 6.56. The fourth-order valence-electron chi connectivity index (χ4n) is 4.22. The van der Waals surface area contributed by atoms with E-state index in [4.69, 9.17) is 4.74 Å². The topological polar surface area (TPSA) is 21.3 Å². The van der Waals surface area contributed by atoms with Crippen LogP contribution < -0.4 is 10.1 Å². The number of benzene rings is 1. The molecule has 2 aliphatic carbocycles. The molecule has 1 aromatic rings. The van der Waals surface area contributed by atoms with Gasteiger partial charge in [-0.3, -0.25) is 0 Å². The Morgan fingerprint density at radius 1 is 1.19 bits per heavy atom. The predicted octanol–water partition coefficient (Wildman–Crippen LogP) is 4.34. The summed E-state index contributed by atoms with van der Waals surface area (Å²) in [5.74, 6) is 1.76. The van der Waals surface area contributed by atoms with Crippen LogP contribution in [0.5, 0.6) is 5.75 Å². The molecule has 0 saturated heterocycles. The van der Waals surface area contributed by atoms with Crippen molar-refractivity contribution in [2.45, 2.75) is 53.0 Å². The molecule has 0 bridgehead atoms. The van der Waals surface area contributed by atoms with Crippen LogP contribution in [0.2, 0.25) is 0 Å². The number of hydrogen-bond acceptors (Lipinski definition) is 2. The predicted molar refractivity (Wildman–Crippen MR) is 87.7 cm³/mol. The lowest BCUT2D eigenvalue weighted by Gasteiger charge is -2.27. The quantitative estimate of drug-likeness (QED) is 0.889. The van der Waals surface area contributed by atoms with E-state index >= 15 is 0 Å². The molecular formula is C19H29NO. The van der Waals surface area contributed by atoms with Crippen LogP contribution in [-0.2, 0) is 6.42 Å². The Bertz CT molecular complexity index is 518. The van der Waals surface area contributed by atoms with Crippen molar-refractivity contribution in [3.63, 3.8) is 0 Å². The summed E-state index contributed by atoms with van der Waals surface area (Å²) in [6.45, 7) is 10.7. The normalized spacial score (nSPS) is 26.2. The van der Waals surface area contributed by atoms with Crippen molar-refractivity contribution >= 4 is 0 Å². The van der Waals surface area contributed by atoms with Crippen LogP contribution >= 0.6 is 0 Å². The highest BCUT2D eigenvalue weighted by Gasteiger charge is 2.63. The molecule has 0 heterocycles. The van der Waals surface area contributed by atoms with Gasteiger partial charge in [0.25, 0.3) is 0 Å². The number of methoxy groups -OCH3 is 1. The SMILES string of the molecule is COc1ccc2c(c1)C(NCC1C(C)(C)C1(C)C)CCC2. The molecule has 2 nitrogen and oxygen atoms in total. The lowest BCUT2D eigenvalue weighted by Crippen LogP contribution is -2.28. The molecule has 1 unspecified atom stereocenters. The maximum absolute atomic E-state index is 5.40. The summed E-state index contributed by atoms with van der Waals surface area (Å²) in [4.78, 5) is 0. The van der Waals surface area contributed by atoms with Crippen LogP contribution in [0.4, 0.5) is 0 Å². The van der Waals surface area contributed by atoms with Crippen molar-refractivity contribution in [2.75, 3.05) is 13.7 Å². The first kappa shape index (κ1) is 14.9. The highest BCUT2D eigenvalue weighted by atomic mass is 16.5. The maximum Gasteiger partial charge on any atom is 0.119 e. The fraction of sp³-hybridized carbons (Fsp3) is 0.684. The van der Waals surface area contributed by atoms with Gasteiger partial charge in [-0.1, -0.05) is 33.8 Å². The van der Waals surface area contributed by atoms with Gasteiger partial charge in [-0.15, -0.1) is 0 Å². The van der Waals surface area contributed by atoms with E-state index in [-0.39, 0.29) is 0 Å². The molecule has 116 valence electrons. The summed E-state index contributed by atoms with van der Waals surface area (Å²) in [7, 11) is 1.75. The van der Waals surface area contributed by atoms with E-state index in [1.165, 1.54) is 30.4 Å². The zero-order chi connectivity index (χ0) is 15.3. The van der Waals surface area contributed by atoms with Gasteiger partial charge in [0.05, 0.1) is 7.11 Å². The zero-order valence-electron chi connectivity index (χ0n) is 14.1. The highest BCUT2D eigenvalue weighted by molar-refractivity contribution is 5.39. The van der Waals surface area contributed by atoms with Crippen LogP contribution in [0.1, 0.15) is 57.7 Å². The molecule has 21 heavy (non-hydrogen) atoms. The van der Waals surface area contributed by atoms with E-state index < -0.39 is 0 Å². The number of fused-ring (bicyclic) bond motifs is 1. The van der Waals surface area contributed by atoms with E-state index in [2.05, 4.69) is 51.2 Å². The molecule has 3 rings (SSSR count). The van der Waals surface area contributed by atoms with E-state index in [0.717, 1.165) is 18.2 Å². The number of rotatable bonds is 4. The monoisotopic (exact) mass is 287 g/mol. The largest absolute Gasteiger partial charge is 0.497 e. The second-order valence-electron chi connectivity index (χ2n) is 7.91. The van der Waals surface area contributed by atoms with Crippen LogP contribution in [0.3, 0.4) is 0 Å². The van der Waals surface area contributed by atoms with E-state index in [1.807, 2.05) is 0 Å². The van der Waals surface area contributed by atoms with Gasteiger partial charge in [0.2, 0.25) is 0 Å². The molecule has 0 amide bonds. The fourth-order valence-corrected chi connectivity index (χ4v) is 4.22. The molecule has 1 N–H and O–H groups in total. The summed E-state index contributed by atoms with van der Waals surface area (Å²) in [5.41, 5.74) is 3.88. The minimum Gasteiger partial charge on any atom is -0.497 e. The van der Waals surface area contributed by atoms with Crippen molar-refractivity contribution in [2.24, 2.45) is 16.7 Å². The first-order valence-corrected chi connectivity index (χ1v) is 8.28. The molecule has 1 fully saturated rings. The average molecular weight is 287 g/mol. The van der Waals surface area contributed by atoms with Crippen LogP contribution in [0.25, 0.3) is 0 Å². The smallest absolute Gasteiger partial charge is 0.119 e. The molecule has 2 heteroatoms. The van der Waals surface area contributed by atoms with Crippen LogP contribution in [0, 0.1) is 16.7 Å². The Morgan fingerprint density at radius 3 is 2.52 bits per heavy atom. The number of hydrogen-bond donors (Lipinski definition) is 1. The molecule has 0 aromatic heterocycles. The van der Waals surface area contributed by atoms with Gasteiger partial charge >= 0.3 is 0 Å². The van der Waals surface area contributed by atoms with Crippen molar-refractivity contribution in [3.05, 3.63) is 29.3 Å². The van der Waals surface area contributed by atoms with Crippen molar-refractivity contribution in [1.82, 2.24) is 5.32 Å². The lowest BCUT2D eigenvalue weighted by atomic mass is 9.87. The second-order valence-corrected chi connectivity index (χ2v) is 7.91. The number of aryl methyl sites for hydroxylation is 1. The third kappa shape index (κ3) is 2.38. The van der Waals surface area contributed by atoms with Gasteiger partial charge in [0.15, 0.2) is 0 Å². The van der Waals surface area contributed by atoms with Crippen molar-refractivity contribution in [1.29, 1.82) is 0 Å². The minimum atomic E-state index is 0.464. The molecule has 1 saturated carbocycles. The van der Waals surface area contributed by atoms with Gasteiger partial charge in [-0.2, -0.15) is 0 Å². The van der Waals surface area contributed by atoms with Gasteiger partial charge < -0.3 is 10.1 Å². The Hall–Kier alpha value is -1.02. The standard InChI is InChI=1S/C19H29NO/c1-18(2)17(19(18,3)4)12-20-16-8-6-7-13-9-10-14(21-5)11-15(13)16/h9-11,16-17,20H,6-8,12H2,1-5H3. The molecule has 1 atom stereocenters. The zero-order valence-corrected chi connectivity index (χ0v) is 14.1. The summed E-state index contributed by atoms with van der Waals surface area (Å²) in [5, 5.41) is 3.85. The van der Waals surface area contributed by atoms with Gasteiger partial charge in [0, 0.05) is 6.04 Å². The first-order chi connectivity index (χ1) is 9.88. The van der Waals surface area contributed by atoms with Gasteiger partial charge in [0.1, 0.15) is 5.75 Å². The van der Waals surface area contributed by atoms with E-state index in [1.54, 1.807) is 7.11 Å². The average Bonchev–Trinajstić information content (AvgIpc) is 2.85. The maximum atomic E-state index is 5.40. The van der Waals surface area contributed by atoms with Gasteiger partial charge in [-0.05, 0) is 65.8 Å². The number of ether oxygens (including phenoxy) is 1. The van der Waals surface area contributed by atoms with Crippen molar-refractivity contribution < 1.29 is 4.74 Å². The summed E-state index contributed by atoms with van der Waals surface area (Å²) < 4.78 is 5.40. The van der Waals surface area contributed by atoms with Crippen LogP contribution in [0.15, 0.2) is 18.2 Å². The van der Waals surface area contributed by atoms with Crippen LogP contribution in [-0.4, -0.2) is 13.7 Å². The van der Waals surface area contributed by atoms with E-state index in [9.17, 15) is 0 Å². The Morgan fingerprint density at radius 2 is 1.90 bits per heavy atom. The molecular weight excluding hydrogens is 258 g/mol. The molecule has 1 aromatic carbocycles. The molecule has 0 radical (unpaired) electrons. The lowest BCUT2D eigenvalue weighted by molar-refractivity contribution is 0.403. The minimum absolute atomic E-state index is 0.464. The molecule has 0 aliphatic heterocycles. The summed E-state index contributed by atoms with van der Waals surface area (Å²) >= 11 is 0. The highest BCUT2D eigenvalue weighted by Crippen LogP contribution is 2.68. The molecule has 2 aliphatic rings. The Kier molecular flexibility index (Phi) is 3.56. The van der Waals surface area contributed by atoms with Crippen molar-refractivity contribution in [3.8, 4) is 5.75 Å². The molecule has 0 spiro atoms. The first-order valence-electron chi connectivity index (χ1n) is 8.28. The summed E-state index contributed by atoms with van der Waals surface area (Å²) in [6.07, 6.45) is 3.74. The third-order valence-corrected chi connectivity index (χ3v) is 6.56. The van der Waals surface area contributed by atoms with E-state index in [0.29, 0.717) is 16.9 Å².